The van der Waals surface area contributed by atoms with E-state index in [0.717, 1.165) is 34.5 Å². The van der Waals surface area contributed by atoms with Crippen molar-refractivity contribution in [3.8, 4) is 0 Å². The Bertz CT molecular complexity index is 994. The fourth-order valence-electron chi connectivity index (χ4n) is 4.53. The van der Waals surface area contributed by atoms with Crippen LogP contribution in [0.2, 0.25) is 0 Å². The third-order valence-electron chi connectivity index (χ3n) is 5.73. The molecule has 0 saturated heterocycles. The highest BCUT2D eigenvalue weighted by atomic mass is 32.1. The topological polar surface area (TPSA) is 85.8 Å². The molecule has 1 amide bonds. The van der Waals surface area contributed by atoms with Gasteiger partial charge in [-0.15, -0.1) is 11.3 Å². The molecule has 1 aromatic carbocycles. The number of benzene rings is 1. The second-order valence-corrected chi connectivity index (χ2v) is 8.65. The lowest BCUT2D eigenvalue weighted by molar-refractivity contribution is -0.148. The van der Waals surface area contributed by atoms with Crippen LogP contribution in [0.1, 0.15) is 37.6 Å². The van der Waals surface area contributed by atoms with E-state index < -0.39 is 11.9 Å². The van der Waals surface area contributed by atoms with E-state index in [1.165, 1.54) is 18.4 Å². The Morgan fingerprint density at radius 1 is 1.20 bits per heavy atom. The number of allylic oxidation sites excluding steroid dienone is 1. The van der Waals surface area contributed by atoms with Crippen LogP contribution in [0.4, 0.5) is 0 Å². The van der Waals surface area contributed by atoms with Gasteiger partial charge >= 0.3 is 11.9 Å². The van der Waals surface area contributed by atoms with Gasteiger partial charge < -0.3 is 14.4 Å². The quantitative estimate of drug-likeness (QED) is 0.496. The van der Waals surface area contributed by atoms with Crippen LogP contribution in [0, 0.1) is 11.8 Å². The van der Waals surface area contributed by atoms with Crippen molar-refractivity contribution >= 4 is 39.4 Å². The van der Waals surface area contributed by atoms with Crippen LogP contribution in [-0.2, 0) is 30.4 Å². The molecule has 8 heteroatoms. The monoisotopic (exact) mass is 428 g/mol. The molecule has 2 unspecified atom stereocenters. The van der Waals surface area contributed by atoms with E-state index >= 15 is 0 Å². The predicted molar refractivity (Wildman–Crippen MR) is 111 cm³/mol. The first-order chi connectivity index (χ1) is 14.5. The number of aromatic nitrogens is 1. The first kappa shape index (κ1) is 20.5. The highest BCUT2D eigenvalue weighted by molar-refractivity contribution is 7.18. The minimum Gasteiger partial charge on any atom is -0.466 e. The number of carbonyl (C=O) groups excluding carboxylic acids is 3. The minimum atomic E-state index is -0.569. The largest absolute Gasteiger partial charge is 0.466 e. The number of esters is 2. The van der Waals surface area contributed by atoms with Crippen molar-refractivity contribution in [2.45, 2.75) is 39.2 Å². The molecule has 1 fully saturated rings. The summed E-state index contributed by atoms with van der Waals surface area (Å²) in [6.07, 6.45) is 2.31. The fourth-order valence-corrected chi connectivity index (χ4v) is 5.49. The molecule has 4 rings (SSSR count). The van der Waals surface area contributed by atoms with Crippen molar-refractivity contribution in [1.29, 1.82) is 0 Å². The average molecular weight is 429 g/mol. The highest BCUT2D eigenvalue weighted by Crippen LogP contribution is 2.50. The average Bonchev–Trinajstić information content (AvgIpc) is 3.45. The van der Waals surface area contributed by atoms with E-state index in [4.69, 9.17) is 9.47 Å². The van der Waals surface area contributed by atoms with E-state index in [1.807, 2.05) is 24.3 Å². The summed E-state index contributed by atoms with van der Waals surface area (Å²) in [6.45, 7) is 2.14. The Morgan fingerprint density at radius 3 is 2.70 bits per heavy atom. The number of carbonyl (C=O) groups is 3. The van der Waals surface area contributed by atoms with Crippen molar-refractivity contribution in [3.63, 3.8) is 0 Å². The minimum absolute atomic E-state index is 0.103. The number of hydrogen-bond acceptors (Lipinski definition) is 7. The van der Waals surface area contributed by atoms with Crippen LogP contribution in [0.3, 0.4) is 0 Å². The molecule has 0 N–H and O–H groups in total. The SMILES string of the molecule is CCOC(=O)CC(=O)N(Cc1nc2ccccc2s1)C1=C(C(=O)OC)C2CCC1C2. The zero-order valence-electron chi connectivity index (χ0n) is 17.1. The number of nitrogens with zero attached hydrogens (tertiary/aromatic N) is 2. The Kier molecular flexibility index (Phi) is 5.85. The van der Waals surface area contributed by atoms with Crippen molar-refractivity contribution in [3.05, 3.63) is 40.5 Å². The van der Waals surface area contributed by atoms with Crippen molar-refractivity contribution in [1.82, 2.24) is 9.88 Å². The van der Waals surface area contributed by atoms with Crippen molar-refractivity contribution in [2.24, 2.45) is 11.8 Å². The third kappa shape index (κ3) is 3.84. The summed E-state index contributed by atoms with van der Waals surface area (Å²) in [6, 6.07) is 7.78. The number of thiazole rings is 1. The first-order valence-electron chi connectivity index (χ1n) is 10.1. The molecule has 2 aliphatic carbocycles. The van der Waals surface area contributed by atoms with Gasteiger partial charge in [0, 0.05) is 11.6 Å². The smallest absolute Gasteiger partial charge is 0.335 e. The van der Waals surface area contributed by atoms with E-state index in [0.29, 0.717) is 11.3 Å². The molecule has 158 valence electrons. The molecule has 0 spiro atoms. The van der Waals surface area contributed by atoms with Crippen molar-refractivity contribution < 1.29 is 23.9 Å². The summed E-state index contributed by atoms with van der Waals surface area (Å²) in [5.74, 6) is -1.12. The molecule has 1 aromatic heterocycles. The Hall–Kier alpha value is -2.74. The van der Waals surface area contributed by atoms with Gasteiger partial charge in [0.25, 0.3) is 0 Å². The zero-order valence-corrected chi connectivity index (χ0v) is 17.9. The van der Waals surface area contributed by atoms with Gasteiger partial charge in [-0.25, -0.2) is 9.78 Å². The van der Waals surface area contributed by atoms with Gasteiger partial charge in [-0.2, -0.15) is 0 Å². The lowest BCUT2D eigenvalue weighted by Gasteiger charge is -2.29. The summed E-state index contributed by atoms with van der Waals surface area (Å²) < 4.78 is 11.0. The number of methoxy groups -OCH3 is 1. The predicted octanol–water partition coefficient (Wildman–Crippen LogP) is 3.44. The molecule has 30 heavy (non-hydrogen) atoms. The Labute approximate surface area is 178 Å². The number of fused-ring (bicyclic) bond motifs is 3. The van der Waals surface area contributed by atoms with Gasteiger partial charge in [-0.05, 0) is 44.2 Å². The first-order valence-corrected chi connectivity index (χ1v) is 11.0. The fraction of sp³-hybridized carbons (Fsp3) is 0.455. The van der Waals surface area contributed by atoms with Gasteiger partial charge in [0.1, 0.15) is 11.4 Å². The molecule has 0 aliphatic heterocycles. The standard InChI is InChI=1S/C22H24N2O5S/c1-3-29-19(26)11-18(25)24(12-17-23-15-6-4-5-7-16(15)30-17)21-14-9-8-13(10-14)20(21)22(27)28-2/h4-7,13-14H,3,8-12H2,1-2H3. The van der Waals surface area contributed by atoms with Crippen LogP contribution in [-0.4, -0.2) is 41.4 Å². The number of amides is 1. The van der Waals surface area contributed by atoms with Crippen LogP contribution < -0.4 is 0 Å². The van der Waals surface area contributed by atoms with Gasteiger partial charge in [0.05, 0.1) is 36.1 Å². The molecule has 1 heterocycles. The third-order valence-corrected chi connectivity index (χ3v) is 6.75. The molecule has 2 aromatic rings. The molecule has 2 bridgehead atoms. The second-order valence-electron chi connectivity index (χ2n) is 7.53. The van der Waals surface area contributed by atoms with E-state index in [2.05, 4.69) is 4.98 Å². The van der Waals surface area contributed by atoms with Crippen LogP contribution >= 0.6 is 11.3 Å². The zero-order chi connectivity index (χ0) is 21.3. The molecular formula is C22H24N2O5S. The molecule has 0 radical (unpaired) electrons. The summed E-state index contributed by atoms with van der Waals surface area (Å²) in [5, 5.41) is 0.757. The molecule has 2 atom stereocenters. The maximum Gasteiger partial charge on any atom is 0.335 e. The van der Waals surface area contributed by atoms with Crippen LogP contribution in [0.15, 0.2) is 35.5 Å². The molecular weight excluding hydrogens is 404 g/mol. The summed E-state index contributed by atoms with van der Waals surface area (Å²) in [5.41, 5.74) is 2.14. The van der Waals surface area contributed by atoms with E-state index in [-0.39, 0.29) is 37.3 Å². The van der Waals surface area contributed by atoms with Gasteiger partial charge in [-0.3, -0.25) is 9.59 Å². The van der Waals surface area contributed by atoms with E-state index in [1.54, 1.807) is 11.8 Å². The maximum atomic E-state index is 13.2. The van der Waals surface area contributed by atoms with Crippen LogP contribution in [0.25, 0.3) is 10.2 Å². The number of hydrogen-bond donors (Lipinski definition) is 0. The molecule has 7 nitrogen and oxygen atoms in total. The second kappa shape index (κ2) is 8.55. The Balaban J connectivity index is 1.71. The number of para-hydroxylation sites is 1. The van der Waals surface area contributed by atoms with Crippen LogP contribution in [0.5, 0.6) is 0 Å². The van der Waals surface area contributed by atoms with E-state index in [9.17, 15) is 14.4 Å². The maximum absolute atomic E-state index is 13.2. The normalized spacial score (nSPS) is 19.9. The lowest BCUT2D eigenvalue weighted by atomic mass is 9.95. The lowest BCUT2D eigenvalue weighted by Crippen LogP contribution is -2.35. The van der Waals surface area contributed by atoms with Crippen molar-refractivity contribution in [2.75, 3.05) is 13.7 Å². The number of ether oxygens (including phenoxy) is 2. The summed E-state index contributed by atoms with van der Waals surface area (Å²) in [7, 11) is 1.36. The summed E-state index contributed by atoms with van der Waals surface area (Å²) in [4.78, 5) is 43.9. The molecule has 2 aliphatic rings. The van der Waals surface area contributed by atoms with Gasteiger partial charge in [-0.1, -0.05) is 12.1 Å². The van der Waals surface area contributed by atoms with Gasteiger partial charge in [0.15, 0.2) is 0 Å². The number of rotatable bonds is 7. The highest BCUT2D eigenvalue weighted by Gasteiger charge is 2.46. The van der Waals surface area contributed by atoms with Gasteiger partial charge in [0.2, 0.25) is 5.91 Å². The molecule has 1 saturated carbocycles. The Morgan fingerprint density at radius 2 is 1.97 bits per heavy atom. The summed E-state index contributed by atoms with van der Waals surface area (Å²) >= 11 is 1.51.